The van der Waals surface area contributed by atoms with Crippen LogP contribution in [0.5, 0.6) is 11.5 Å². The number of anilines is 1. The molecule has 0 aliphatic carbocycles. The second kappa shape index (κ2) is 14.2. The predicted octanol–water partition coefficient (Wildman–Crippen LogP) is 4.83. The summed E-state index contributed by atoms with van der Waals surface area (Å²) in [4.78, 5) is 30.1. The summed E-state index contributed by atoms with van der Waals surface area (Å²) in [6.45, 7) is 7.80. The Kier molecular flexibility index (Phi) is 9.64. The summed E-state index contributed by atoms with van der Waals surface area (Å²) < 4.78 is 21.4. The number of aromatic nitrogens is 4. The normalized spacial score (nSPS) is 21.2. The van der Waals surface area contributed by atoms with Gasteiger partial charge in [0.1, 0.15) is 5.75 Å². The molecule has 52 heavy (non-hydrogen) atoms. The number of amides is 1. The van der Waals surface area contributed by atoms with Crippen molar-refractivity contribution in [3.05, 3.63) is 124 Å². The van der Waals surface area contributed by atoms with Crippen molar-refractivity contribution in [2.45, 2.75) is 63.2 Å². The van der Waals surface area contributed by atoms with Crippen molar-refractivity contribution in [1.29, 1.82) is 0 Å². The van der Waals surface area contributed by atoms with Gasteiger partial charge >= 0.3 is 0 Å². The third-order valence-electron chi connectivity index (χ3n) is 11.0. The number of aliphatic hydroxyl groups is 1. The molecule has 7 rings (SSSR count). The van der Waals surface area contributed by atoms with E-state index >= 15 is 4.79 Å². The van der Waals surface area contributed by atoms with E-state index in [-0.39, 0.29) is 41.4 Å². The van der Waals surface area contributed by atoms with Crippen LogP contribution in [0.15, 0.2) is 102 Å². The summed E-state index contributed by atoms with van der Waals surface area (Å²) in [6.07, 6.45) is 4.42. The zero-order valence-electron chi connectivity index (χ0n) is 30.2. The number of carbonyl (C=O) groups is 1. The van der Waals surface area contributed by atoms with Crippen LogP contribution < -0.4 is 25.1 Å². The number of pyridine rings is 1. The Balaban J connectivity index is 1.26. The van der Waals surface area contributed by atoms with Gasteiger partial charge in [0, 0.05) is 49.1 Å². The fraction of sp³-hybridized carbons (Fsp3) is 0.350. The first kappa shape index (κ1) is 35.4. The van der Waals surface area contributed by atoms with Crippen LogP contribution in [-0.4, -0.2) is 65.6 Å². The Bertz CT molecular complexity index is 2130. The van der Waals surface area contributed by atoms with E-state index in [1.807, 2.05) is 71.8 Å². The maximum atomic E-state index is 15.2. The van der Waals surface area contributed by atoms with E-state index in [1.54, 1.807) is 34.7 Å². The maximum absolute atomic E-state index is 15.2. The van der Waals surface area contributed by atoms with Crippen molar-refractivity contribution in [1.82, 2.24) is 19.6 Å². The monoisotopic (exact) mass is 719 g/mol. The molecule has 0 unspecified atom stereocenters. The molecule has 1 saturated heterocycles. The van der Waals surface area contributed by atoms with Crippen molar-refractivity contribution in [3.8, 4) is 17.2 Å². The number of aliphatic hydroxyl groups excluding tert-OH is 1. The van der Waals surface area contributed by atoms with Crippen LogP contribution in [0.25, 0.3) is 5.69 Å². The lowest BCUT2D eigenvalue weighted by atomic mass is 9.82. The van der Waals surface area contributed by atoms with E-state index in [0.29, 0.717) is 31.6 Å². The molecule has 2 aliphatic heterocycles. The van der Waals surface area contributed by atoms with Gasteiger partial charge in [0.05, 0.1) is 46.3 Å². The highest BCUT2D eigenvalue weighted by atomic mass is 28.3. The molecule has 2 aromatic heterocycles. The number of ether oxygens (including phenoxy) is 3. The molecule has 270 valence electrons. The van der Waals surface area contributed by atoms with Crippen LogP contribution in [-0.2, 0) is 34.6 Å². The number of benzene rings is 3. The van der Waals surface area contributed by atoms with Gasteiger partial charge in [-0.3, -0.25) is 18.8 Å². The molecule has 1 fully saturated rings. The molecule has 0 bridgehead atoms. The summed E-state index contributed by atoms with van der Waals surface area (Å²) >= 11 is 0. The molecule has 4 heterocycles. The minimum Gasteiger partial charge on any atom is -0.497 e. The highest BCUT2D eigenvalue weighted by Crippen LogP contribution is 2.60. The Morgan fingerprint density at radius 1 is 0.962 bits per heavy atom. The lowest BCUT2D eigenvalue weighted by Crippen LogP contribution is -2.51. The van der Waals surface area contributed by atoms with Gasteiger partial charge in [-0.2, -0.15) is 0 Å². The molecule has 12 heteroatoms. The van der Waals surface area contributed by atoms with Gasteiger partial charge in [0.2, 0.25) is 0 Å². The van der Waals surface area contributed by atoms with Crippen LogP contribution >= 0.6 is 0 Å². The maximum Gasteiger partial charge on any atom is 0.297 e. The van der Waals surface area contributed by atoms with E-state index in [9.17, 15) is 9.90 Å². The summed E-state index contributed by atoms with van der Waals surface area (Å²) in [5, 5.41) is 19.2. The van der Waals surface area contributed by atoms with E-state index in [0.717, 1.165) is 28.3 Å². The SMILES string of the molecule is COc1ccc([Si](C)(C)[C@H]2[C@H](CCn3cc(CCO)nn3)O[C@@]3(C(=O)N(Cc4cccc(-n5cccc(OC)c5=O)c4)c4ccccc43)[C@@H]2C)cc1. The van der Waals surface area contributed by atoms with Crippen molar-refractivity contribution in [3.63, 3.8) is 0 Å². The Labute approximate surface area is 304 Å². The fourth-order valence-corrected chi connectivity index (χ4v) is 12.5. The van der Waals surface area contributed by atoms with Gasteiger partial charge in [0.15, 0.2) is 11.4 Å². The van der Waals surface area contributed by atoms with Crippen molar-refractivity contribution >= 4 is 24.9 Å². The molecule has 0 saturated carbocycles. The molecule has 2 aliphatic rings. The molecule has 0 radical (unpaired) electrons. The smallest absolute Gasteiger partial charge is 0.297 e. The number of aryl methyl sites for hydroxylation is 1. The van der Waals surface area contributed by atoms with Crippen LogP contribution in [0.1, 0.15) is 30.2 Å². The number of nitrogens with zero attached hydrogens (tertiary/aromatic N) is 5. The summed E-state index contributed by atoms with van der Waals surface area (Å²) in [5.74, 6) is 0.828. The van der Waals surface area contributed by atoms with E-state index in [2.05, 4.69) is 42.5 Å². The largest absolute Gasteiger partial charge is 0.497 e. The van der Waals surface area contributed by atoms with Crippen molar-refractivity contribution < 1.29 is 24.1 Å². The Hall–Kier alpha value is -5.04. The van der Waals surface area contributed by atoms with Gasteiger partial charge in [-0.1, -0.05) is 72.9 Å². The van der Waals surface area contributed by atoms with Crippen LogP contribution in [0, 0.1) is 5.92 Å². The minimum atomic E-state index is -2.32. The van der Waals surface area contributed by atoms with Crippen LogP contribution in [0.4, 0.5) is 5.69 Å². The second-order valence-corrected chi connectivity index (χ2v) is 18.9. The molecular formula is C40H45N5O6Si. The first-order valence-corrected chi connectivity index (χ1v) is 20.8. The second-order valence-electron chi connectivity index (χ2n) is 14.2. The highest BCUT2D eigenvalue weighted by molar-refractivity contribution is 6.91. The fourth-order valence-electron chi connectivity index (χ4n) is 8.45. The van der Waals surface area contributed by atoms with Gasteiger partial charge < -0.3 is 24.2 Å². The predicted molar refractivity (Wildman–Crippen MR) is 201 cm³/mol. The number of hydrogen-bond acceptors (Lipinski definition) is 8. The van der Waals surface area contributed by atoms with Gasteiger partial charge in [0.25, 0.3) is 11.5 Å². The third-order valence-corrected chi connectivity index (χ3v) is 15.4. The lowest BCUT2D eigenvalue weighted by Gasteiger charge is -2.37. The number of hydrogen-bond donors (Lipinski definition) is 1. The Morgan fingerprint density at radius 3 is 2.50 bits per heavy atom. The quantitative estimate of drug-likeness (QED) is 0.182. The number of carbonyl (C=O) groups excluding carboxylic acids is 1. The van der Waals surface area contributed by atoms with Crippen molar-refractivity contribution in [2.24, 2.45) is 5.92 Å². The minimum absolute atomic E-state index is 0.00994. The zero-order chi connectivity index (χ0) is 36.6. The molecule has 4 atom stereocenters. The van der Waals surface area contributed by atoms with Gasteiger partial charge in [-0.25, -0.2) is 0 Å². The zero-order valence-corrected chi connectivity index (χ0v) is 31.2. The molecule has 1 amide bonds. The summed E-state index contributed by atoms with van der Waals surface area (Å²) in [6, 6.07) is 27.4. The topological polar surface area (TPSA) is 121 Å². The standard InChI is InChI=1S/C40H45N5O6Si/c1-27-37(52(4,5)32-17-15-31(49-2)16-18-32)35(19-22-43-26-29(20-23-46)41-42-43)51-40(27)33-12-6-7-13-34(33)45(39(40)48)25-28-10-8-11-30(24-28)44-21-9-14-36(50-3)38(44)47/h6-18,21,24,26-27,35,37,46H,19-20,22-23,25H2,1-5H3/t27-,35+,37-,40+/m1/s1. The van der Waals surface area contributed by atoms with Gasteiger partial charge in [-0.05, 0) is 60.0 Å². The van der Waals surface area contributed by atoms with E-state index < -0.39 is 13.7 Å². The lowest BCUT2D eigenvalue weighted by molar-refractivity contribution is -0.146. The average molecular weight is 720 g/mol. The molecular weight excluding hydrogens is 675 g/mol. The van der Waals surface area contributed by atoms with Crippen molar-refractivity contribution in [2.75, 3.05) is 25.7 Å². The molecule has 3 aromatic carbocycles. The summed E-state index contributed by atoms with van der Waals surface area (Å²) in [7, 11) is 0.827. The Morgan fingerprint density at radius 2 is 1.75 bits per heavy atom. The molecule has 1 spiro atoms. The summed E-state index contributed by atoms with van der Waals surface area (Å²) in [5.41, 5.74) is 2.64. The number of rotatable bonds is 12. The molecule has 11 nitrogen and oxygen atoms in total. The van der Waals surface area contributed by atoms with Crippen LogP contribution in [0.2, 0.25) is 18.6 Å². The van der Waals surface area contributed by atoms with E-state index in [4.69, 9.17) is 14.2 Å². The van der Waals surface area contributed by atoms with E-state index in [1.165, 1.54) is 12.3 Å². The van der Waals surface area contributed by atoms with Crippen LogP contribution in [0.3, 0.4) is 0 Å². The highest BCUT2D eigenvalue weighted by Gasteiger charge is 2.66. The number of methoxy groups -OCH3 is 2. The number of fused-ring (bicyclic) bond motifs is 2. The first-order valence-electron chi connectivity index (χ1n) is 17.7. The molecule has 5 aromatic rings. The number of para-hydroxylation sites is 1. The molecule has 1 N–H and O–H groups in total. The average Bonchev–Trinajstić information content (AvgIpc) is 3.81. The first-order chi connectivity index (χ1) is 25.1. The van der Waals surface area contributed by atoms with Gasteiger partial charge in [-0.15, -0.1) is 5.10 Å². The third kappa shape index (κ3) is 6.04.